The van der Waals surface area contributed by atoms with Gasteiger partial charge < -0.3 is 30.5 Å². The van der Waals surface area contributed by atoms with E-state index in [1.165, 1.54) is 6.42 Å². The second-order valence-corrected chi connectivity index (χ2v) is 9.89. The Kier molecular flexibility index (Phi) is 7.67. The molecule has 0 spiro atoms. The number of amides is 3. The lowest BCUT2D eigenvalue weighted by Gasteiger charge is -2.37. The molecule has 4 atom stereocenters. The van der Waals surface area contributed by atoms with Gasteiger partial charge in [0, 0.05) is 29.4 Å². The Hall–Kier alpha value is -3.17. The fourth-order valence-electron chi connectivity index (χ4n) is 5.54. The molecule has 9 nitrogen and oxygen atoms in total. The Morgan fingerprint density at radius 3 is 2.75 bits per heavy atom. The van der Waals surface area contributed by atoms with Crippen LogP contribution in [0.25, 0.3) is 0 Å². The number of fused-ring (bicyclic) bond motifs is 3. The molecule has 1 aromatic carbocycles. The average Bonchev–Trinajstić information content (AvgIpc) is 3.26. The molecule has 3 aliphatic rings. The van der Waals surface area contributed by atoms with Gasteiger partial charge in [-0.1, -0.05) is 25.3 Å². The van der Waals surface area contributed by atoms with E-state index in [2.05, 4.69) is 20.9 Å². The summed E-state index contributed by atoms with van der Waals surface area (Å²) in [6.45, 7) is 0.155. The Bertz CT molecular complexity index is 1060. The molecule has 1 aliphatic carbocycles. The van der Waals surface area contributed by atoms with Gasteiger partial charge in [-0.05, 0) is 49.6 Å². The average molecular weight is 495 g/mol. The number of ether oxygens (including phenoxy) is 2. The molecule has 1 aromatic heterocycles. The highest BCUT2D eigenvalue weighted by atomic mass is 16.6. The summed E-state index contributed by atoms with van der Waals surface area (Å²) in [4.78, 5) is 29.4. The first kappa shape index (κ1) is 24.5. The molecule has 36 heavy (non-hydrogen) atoms. The molecule has 3 amide bonds. The van der Waals surface area contributed by atoms with Gasteiger partial charge in [-0.2, -0.15) is 0 Å². The van der Waals surface area contributed by atoms with E-state index in [9.17, 15) is 14.7 Å². The van der Waals surface area contributed by atoms with E-state index in [4.69, 9.17) is 9.47 Å². The number of aliphatic hydroxyl groups excluding tert-OH is 1. The number of benzene rings is 1. The lowest BCUT2D eigenvalue weighted by molar-refractivity contribution is -0.142. The lowest BCUT2D eigenvalue weighted by Crippen LogP contribution is -2.47. The summed E-state index contributed by atoms with van der Waals surface area (Å²) in [6.07, 6.45) is 6.83. The minimum atomic E-state index is -0.532. The van der Waals surface area contributed by atoms with Gasteiger partial charge in [0.15, 0.2) is 0 Å². The zero-order chi connectivity index (χ0) is 24.9. The summed E-state index contributed by atoms with van der Waals surface area (Å²) in [5.41, 5.74) is 2.45. The number of rotatable bonds is 7. The molecule has 2 aromatic rings. The van der Waals surface area contributed by atoms with Crippen molar-refractivity contribution in [1.82, 2.24) is 15.6 Å². The number of carbonyl (C=O) groups is 2. The van der Waals surface area contributed by atoms with E-state index in [-0.39, 0.29) is 49.1 Å². The van der Waals surface area contributed by atoms with Gasteiger partial charge in [-0.3, -0.25) is 9.78 Å². The monoisotopic (exact) mass is 494 g/mol. The number of pyridine rings is 1. The molecule has 0 radical (unpaired) electrons. The van der Waals surface area contributed by atoms with Crippen molar-refractivity contribution in [3.63, 3.8) is 0 Å². The molecule has 2 fully saturated rings. The van der Waals surface area contributed by atoms with Crippen LogP contribution in [-0.4, -0.2) is 53.0 Å². The number of anilines is 1. The van der Waals surface area contributed by atoms with Gasteiger partial charge in [0.25, 0.3) is 0 Å². The third-order valence-corrected chi connectivity index (χ3v) is 7.30. The van der Waals surface area contributed by atoms with E-state index in [1.54, 1.807) is 6.20 Å². The molecule has 1 saturated carbocycles. The normalized spacial score (nSPS) is 25.2. The Morgan fingerprint density at radius 1 is 1.11 bits per heavy atom. The first-order chi connectivity index (χ1) is 17.6. The van der Waals surface area contributed by atoms with Crippen molar-refractivity contribution in [1.29, 1.82) is 0 Å². The summed E-state index contributed by atoms with van der Waals surface area (Å²) in [7, 11) is 0. The fraction of sp³-hybridized carbons (Fsp3) is 0.519. The molecule has 5 rings (SSSR count). The Labute approximate surface area is 211 Å². The van der Waals surface area contributed by atoms with Gasteiger partial charge >= 0.3 is 6.03 Å². The summed E-state index contributed by atoms with van der Waals surface area (Å²) < 4.78 is 12.2. The van der Waals surface area contributed by atoms with Crippen LogP contribution < -0.4 is 20.7 Å². The van der Waals surface area contributed by atoms with E-state index in [0.717, 1.165) is 42.7 Å². The van der Waals surface area contributed by atoms with Crippen LogP contribution in [0.4, 0.5) is 10.5 Å². The van der Waals surface area contributed by atoms with Gasteiger partial charge in [0.05, 0.1) is 31.4 Å². The van der Waals surface area contributed by atoms with Crippen LogP contribution in [0.2, 0.25) is 0 Å². The van der Waals surface area contributed by atoms with E-state index in [0.29, 0.717) is 18.7 Å². The number of aliphatic hydroxyl groups is 1. The number of hydrogen-bond acceptors (Lipinski definition) is 6. The predicted octanol–water partition coefficient (Wildman–Crippen LogP) is 3.24. The van der Waals surface area contributed by atoms with Gasteiger partial charge in [0.2, 0.25) is 5.91 Å². The topological polar surface area (TPSA) is 122 Å². The molecule has 0 unspecified atom stereocenters. The maximum atomic E-state index is 12.6. The minimum absolute atomic E-state index is 0.0392. The highest BCUT2D eigenvalue weighted by Crippen LogP contribution is 2.47. The van der Waals surface area contributed by atoms with E-state index >= 15 is 0 Å². The lowest BCUT2D eigenvalue weighted by atomic mass is 9.84. The van der Waals surface area contributed by atoms with E-state index in [1.807, 2.05) is 36.4 Å². The largest absolute Gasteiger partial charge is 0.487 e. The second kappa shape index (κ2) is 11.3. The maximum Gasteiger partial charge on any atom is 0.319 e. The van der Waals surface area contributed by atoms with Crippen LogP contribution in [0.3, 0.4) is 0 Å². The highest BCUT2D eigenvalue weighted by Gasteiger charge is 2.46. The van der Waals surface area contributed by atoms with Crippen molar-refractivity contribution in [3.8, 4) is 5.75 Å². The summed E-state index contributed by atoms with van der Waals surface area (Å²) in [5, 5.41) is 18.9. The number of nitrogens with zero attached hydrogens (tertiary/aromatic N) is 1. The molecule has 1 saturated heterocycles. The molecule has 0 bridgehead atoms. The number of hydrogen-bond donors (Lipinski definition) is 4. The first-order valence-electron chi connectivity index (χ1n) is 12.9. The standard InChI is InChI=1S/C27H34N4O5/c32-16-24-26-22(13-20(35-24)14-25(33)29-15-19-8-4-5-11-28-19)21-12-18(9-10-23(21)36-26)31-27(34)30-17-6-2-1-3-7-17/h4-5,8-12,17,20,22,24,26,32H,1-3,6-7,13-16H2,(H,29,33)(H2,30,31,34)/t20-,22-,24-,26+/m1/s1. The van der Waals surface area contributed by atoms with Gasteiger partial charge in [0.1, 0.15) is 18.0 Å². The van der Waals surface area contributed by atoms with Crippen molar-refractivity contribution in [2.24, 2.45) is 0 Å². The Balaban J connectivity index is 1.21. The zero-order valence-electron chi connectivity index (χ0n) is 20.3. The third-order valence-electron chi connectivity index (χ3n) is 7.30. The number of nitrogens with one attached hydrogen (secondary N) is 3. The van der Waals surface area contributed by atoms with Crippen molar-refractivity contribution in [2.45, 2.75) is 81.8 Å². The fourth-order valence-corrected chi connectivity index (χ4v) is 5.54. The summed E-state index contributed by atoms with van der Waals surface area (Å²) >= 11 is 0. The number of urea groups is 1. The number of carbonyl (C=O) groups excluding carboxylic acids is 2. The predicted molar refractivity (Wildman–Crippen MR) is 134 cm³/mol. The summed E-state index contributed by atoms with van der Waals surface area (Å²) in [6, 6.07) is 11.2. The summed E-state index contributed by atoms with van der Waals surface area (Å²) in [5.74, 6) is 0.558. The molecular formula is C27H34N4O5. The van der Waals surface area contributed by atoms with Crippen molar-refractivity contribution >= 4 is 17.6 Å². The van der Waals surface area contributed by atoms with Gasteiger partial charge in [-0.25, -0.2) is 4.79 Å². The quantitative estimate of drug-likeness (QED) is 0.469. The zero-order valence-corrected chi connectivity index (χ0v) is 20.3. The van der Waals surface area contributed by atoms with Crippen molar-refractivity contribution in [2.75, 3.05) is 11.9 Å². The molecule has 4 N–H and O–H groups in total. The molecule has 192 valence electrons. The minimum Gasteiger partial charge on any atom is -0.487 e. The van der Waals surface area contributed by atoms with E-state index < -0.39 is 6.10 Å². The third kappa shape index (κ3) is 5.79. The Morgan fingerprint density at radius 2 is 1.97 bits per heavy atom. The van der Waals surface area contributed by atoms with Crippen LogP contribution in [0, 0.1) is 0 Å². The van der Waals surface area contributed by atoms with Crippen LogP contribution in [0.1, 0.15) is 62.1 Å². The van der Waals surface area contributed by atoms with Gasteiger partial charge in [-0.15, -0.1) is 0 Å². The second-order valence-electron chi connectivity index (χ2n) is 9.89. The highest BCUT2D eigenvalue weighted by molar-refractivity contribution is 5.89. The molecule has 2 aliphatic heterocycles. The number of aromatic nitrogens is 1. The molecule has 9 heteroatoms. The van der Waals surface area contributed by atoms with Crippen LogP contribution >= 0.6 is 0 Å². The maximum absolute atomic E-state index is 12.6. The first-order valence-corrected chi connectivity index (χ1v) is 12.9. The smallest absolute Gasteiger partial charge is 0.319 e. The molecular weight excluding hydrogens is 460 g/mol. The van der Waals surface area contributed by atoms with Crippen molar-refractivity contribution in [3.05, 3.63) is 53.9 Å². The van der Waals surface area contributed by atoms with Crippen LogP contribution in [0.15, 0.2) is 42.6 Å². The SMILES string of the molecule is O=C(C[C@H]1C[C@@H]2c3cc(NC(=O)NC4CCCCC4)ccc3O[C@@H]2[C@@H](CO)O1)NCc1ccccn1. The van der Waals surface area contributed by atoms with Crippen LogP contribution in [-0.2, 0) is 16.1 Å². The van der Waals surface area contributed by atoms with Crippen LogP contribution in [0.5, 0.6) is 5.75 Å². The van der Waals surface area contributed by atoms with Crippen molar-refractivity contribution < 1.29 is 24.2 Å². The molecule has 3 heterocycles.